The highest BCUT2D eigenvalue weighted by molar-refractivity contribution is 5.00. The summed E-state index contributed by atoms with van der Waals surface area (Å²) >= 11 is 0. The Hall–Kier alpha value is -0.510. The van der Waals surface area contributed by atoms with Gasteiger partial charge in [0.15, 0.2) is 0 Å². The zero-order valence-electron chi connectivity index (χ0n) is 11.4. The van der Waals surface area contributed by atoms with Gasteiger partial charge in [0, 0.05) is 6.42 Å². The zero-order chi connectivity index (χ0) is 12.1. The first-order chi connectivity index (χ1) is 8.83. The van der Waals surface area contributed by atoms with E-state index in [0.717, 1.165) is 47.8 Å². The van der Waals surface area contributed by atoms with E-state index < -0.39 is 0 Å². The fourth-order valence-electron chi connectivity index (χ4n) is 5.90. The summed E-state index contributed by atoms with van der Waals surface area (Å²) in [5.74, 6) is 7.01. The molecule has 0 radical (unpaired) electrons. The first kappa shape index (κ1) is 11.3. The summed E-state index contributed by atoms with van der Waals surface area (Å²) in [5, 5.41) is 9.04. The van der Waals surface area contributed by atoms with E-state index in [4.69, 9.17) is 5.26 Å². The molecule has 4 bridgehead atoms. The third kappa shape index (κ3) is 1.89. The molecule has 1 atom stereocenters. The quantitative estimate of drug-likeness (QED) is 0.718. The maximum atomic E-state index is 9.04. The normalized spacial score (nSPS) is 46.9. The van der Waals surface area contributed by atoms with Gasteiger partial charge in [-0.3, -0.25) is 0 Å². The van der Waals surface area contributed by atoms with Crippen LogP contribution in [-0.2, 0) is 0 Å². The fourth-order valence-corrected chi connectivity index (χ4v) is 5.90. The van der Waals surface area contributed by atoms with Gasteiger partial charge >= 0.3 is 0 Å². The van der Waals surface area contributed by atoms with Gasteiger partial charge in [-0.15, -0.1) is 0 Å². The van der Waals surface area contributed by atoms with Crippen LogP contribution in [0.15, 0.2) is 0 Å². The molecule has 18 heavy (non-hydrogen) atoms. The van der Waals surface area contributed by atoms with Crippen LogP contribution < -0.4 is 0 Å². The highest BCUT2D eigenvalue weighted by atomic mass is 14.5. The van der Waals surface area contributed by atoms with Gasteiger partial charge < -0.3 is 0 Å². The van der Waals surface area contributed by atoms with Crippen molar-refractivity contribution in [3.8, 4) is 6.07 Å². The molecule has 0 amide bonds. The topological polar surface area (TPSA) is 23.8 Å². The van der Waals surface area contributed by atoms with E-state index in [1.165, 1.54) is 19.3 Å². The Morgan fingerprint density at radius 1 is 0.944 bits per heavy atom. The predicted molar refractivity (Wildman–Crippen MR) is 71.6 cm³/mol. The maximum absolute atomic E-state index is 9.04. The lowest BCUT2D eigenvalue weighted by atomic mass is 9.50. The van der Waals surface area contributed by atoms with E-state index in [0.29, 0.717) is 0 Å². The average Bonchev–Trinajstić information content (AvgIpc) is 3.15. The maximum Gasteiger partial charge on any atom is 0.0624 e. The van der Waals surface area contributed by atoms with E-state index >= 15 is 0 Å². The minimum atomic E-state index is 0.762. The smallest absolute Gasteiger partial charge is 0.0624 e. The highest BCUT2D eigenvalue weighted by Gasteiger charge is 2.49. The Morgan fingerprint density at radius 2 is 1.56 bits per heavy atom. The van der Waals surface area contributed by atoms with Crippen LogP contribution >= 0.6 is 0 Å². The molecule has 5 fully saturated rings. The second kappa shape index (κ2) is 4.26. The zero-order valence-corrected chi connectivity index (χ0v) is 11.4. The van der Waals surface area contributed by atoms with Crippen molar-refractivity contribution in [2.45, 2.75) is 57.8 Å². The van der Waals surface area contributed by atoms with E-state index in [9.17, 15) is 0 Å². The first-order valence-corrected chi connectivity index (χ1v) is 8.20. The van der Waals surface area contributed by atoms with Gasteiger partial charge in [-0.05, 0) is 92.8 Å². The van der Waals surface area contributed by atoms with Crippen LogP contribution in [0.2, 0.25) is 0 Å². The van der Waals surface area contributed by atoms with Crippen molar-refractivity contribution in [3.05, 3.63) is 0 Å². The Balaban J connectivity index is 1.46. The second-order valence-electron chi connectivity index (χ2n) is 7.79. The van der Waals surface area contributed by atoms with Gasteiger partial charge in [-0.1, -0.05) is 0 Å². The molecular formula is C17H25N. The molecule has 0 spiro atoms. The van der Waals surface area contributed by atoms with E-state index in [2.05, 4.69) is 6.07 Å². The molecule has 98 valence electrons. The molecule has 1 heteroatoms. The lowest BCUT2D eigenvalue weighted by molar-refractivity contribution is -0.0465. The first-order valence-electron chi connectivity index (χ1n) is 8.20. The lowest BCUT2D eigenvalue weighted by Gasteiger charge is -2.55. The molecule has 1 nitrogen and oxygen atoms in total. The summed E-state index contributed by atoms with van der Waals surface area (Å²) in [5.41, 5.74) is 0. The van der Waals surface area contributed by atoms with E-state index in [1.807, 2.05) is 0 Å². The molecule has 5 aliphatic carbocycles. The minimum Gasteiger partial charge on any atom is -0.198 e. The van der Waals surface area contributed by atoms with Crippen LogP contribution in [-0.4, -0.2) is 0 Å². The Bertz CT molecular complexity index is 334. The second-order valence-corrected chi connectivity index (χ2v) is 7.79. The Kier molecular flexibility index (Phi) is 2.68. The summed E-state index contributed by atoms with van der Waals surface area (Å²) in [6.07, 6.45) is 12.8. The van der Waals surface area contributed by atoms with Gasteiger partial charge in [0.25, 0.3) is 0 Å². The largest absolute Gasteiger partial charge is 0.198 e. The standard InChI is InChI=1S/C17H25N/c18-4-3-14(13-1-2-13)10-17-15-6-11-5-12(8-15)9-16(17)7-11/h11-17H,1-3,5-10H2. The number of rotatable bonds is 4. The van der Waals surface area contributed by atoms with Gasteiger partial charge in [-0.25, -0.2) is 0 Å². The monoisotopic (exact) mass is 243 g/mol. The van der Waals surface area contributed by atoms with Crippen molar-refractivity contribution in [3.63, 3.8) is 0 Å². The van der Waals surface area contributed by atoms with Crippen LogP contribution in [0.3, 0.4) is 0 Å². The average molecular weight is 243 g/mol. The molecule has 0 heterocycles. The Morgan fingerprint density at radius 3 is 2.06 bits per heavy atom. The van der Waals surface area contributed by atoms with Gasteiger partial charge in [0.2, 0.25) is 0 Å². The summed E-state index contributed by atoms with van der Waals surface area (Å²) < 4.78 is 0. The number of hydrogen-bond acceptors (Lipinski definition) is 1. The highest BCUT2D eigenvalue weighted by Crippen LogP contribution is 2.59. The van der Waals surface area contributed by atoms with Crippen molar-refractivity contribution in [2.75, 3.05) is 0 Å². The number of nitrogens with zero attached hydrogens (tertiary/aromatic N) is 1. The van der Waals surface area contributed by atoms with Crippen LogP contribution in [0.4, 0.5) is 0 Å². The number of hydrogen-bond donors (Lipinski definition) is 0. The molecular weight excluding hydrogens is 218 g/mol. The molecule has 0 aromatic carbocycles. The Labute approximate surface area is 111 Å². The van der Waals surface area contributed by atoms with Crippen molar-refractivity contribution in [2.24, 2.45) is 41.4 Å². The van der Waals surface area contributed by atoms with Crippen molar-refractivity contribution < 1.29 is 0 Å². The van der Waals surface area contributed by atoms with E-state index in [-0.39, 0.29) is 0 Å². The van der Waals surface area contributed by atoms with Crippen LogP contribution in [0.1, 0.15) is 57.8 Å². The molecule has 0 aromatic rings. The summed E-state index contributed by atoms with van der Waals surface area (Å²) in [6, 6.07) is 2.46. The number of nitriles is 1. The van der Waals surface area contributed by atoms with Crippen molar-refractivity contribution >= 4 is 0 Å². The summed E-state index contributed by atoms with van der Waals surface area (Å²) in [6.45, 7) is 0. The van der Waals surface area contributed by atoms with Crippen LogP contribution in [0, 0.1) is 52.8 Å². The molecule has 0 N–H and O–H groups in total. The molecule has 0 aromatic heterocycles. The third-order valence-electron chi connectivity index (χ3n) is 6.64. The van der Waals surface area contributed by atoms with Gasteiger partial charge in [-0.2, -0.15) is 5.26 Å². The molecule has 5 aliphatic rings. The molecule has 0 aliphatic heterocycles. The summed E-state index contributed by atoms with van der Waals surface area (Å²) in [4.78, 5) is 0. The molecule has 0 saturated heterocycles. The lowest BCUT2D eigenvalue weighted by Crippen LogP contribution is -2.45. The minimum absolute atomic E-state index is 0.762. The van der Waals surface area contributed by atoms with Gasteiger partial charge in [0.05, 0.1) is 6.07 Å². The summed E-state index contributed by atoms with van der Waals surface area (Å²) in [7, 11) is 0. The van der Waals surface area contributed by atoms with Crippen molar-refractivity contribution in [1.82, 2.24) is 0 Å². The van der Waals surface area contributed by atoms with Gasteiger partial charge in [0.1, 0.15) is 0 Å². The van der Waals surface area contributed by atoms with Crippen LogP contribution in [0.5, 0.6) is 0 Å². The third-order valence-corrected chi connectivity index (χ3v) is 6.64. The molecule has 5 saturated carbocycles. The molecule has 5 rings (SSSR count). The SMILES string of the molecule is N#CCC(CC1C2CC3CC(C2)CC1C3)C1CC1. The molecule has 1 unspecified atom stereocenters. The fraction of sp³-hybridized carbons (Fsp3) is 0.941. The van der Waals surface area contributed by atoms with Crippen molar-refractivity contribution in [1.29, 1.82) is 5.26 Å². The van der Waals surface area contributed by atoms with Crippen LogP contribution in [0.25, 0.3) is 0 Å². The van der Waals surface area contributed by atoms with E-state index in [1.54, 1.807) is 32.1 Å². The predicted octanol–water partition coefficient (Wildman–Crippen LogP) is 4.39.